The molecule has 6 nitrogen and oxygen atoms in total. The van der Waals surface area contributed by atoms with Crippen molar-refractivity contribution in [2.75, 3.05) is 33.5 Å². The predicted molar refractivity (Wildman–Crippen MR) is 90.2 cm³/mol. The molecule has 1 aliphatic heterocycles. The molecule has 1 fully saturated rings. The number of aliphatic hydroxyl groups excluding tert-OH is 1. The quantitative estimate of drug-likeness (QED) is 0.788. The molecular formula is C18H27NO5. The number of aliphatic hydroxyl groups is 1. The molecule has 1 saturated heterocycles. The van der Waals surface area contributed by atoms with E-state index in [2.05, 4.69) is 19.2 Å². The van der Waals surface area contributed by atoms with Gasteiger partial charge in [-0.2, -0.15) is 0 Å². The van der Waals surface area contributed by atoms with E-state index < -0.39 is 6.10 Å². The maximum absolute atomic E-state index is 12.2. The fourth-order valence-electron chi connectivity index (χ4n) is 2.51. The van der Waals surface area contributed by atoms with Crippen LogP contribution in [0.5, 0.6) is 5.75 Å². The largest absolute Gasteiger partial charge is 0.493 e. The highest BCUT2D eigenvalue weighted by atomic mass is 16.5. The van der Waals surface area contributed by atoms with Crippen molar-refractivity contribution in [2.45, 2.75) is 26.1 Å². The number of benzene rings is 1. The zero-order valence-corrected chi connectivity index (χ0v) is 14.5. The van der Waals surface area contributed by atoms with Crippen LogP contribution < -0.4 is 10.1 Å². The second-order valence-electron chi connectivity index (χ2n) is 6.50. The molecule has 0 aromatic heterocycles. The van der Waals surface area contributed by atoms with Crippen LogP contribution in [0.1, 0.15) is 24.2 Å². The average Bonchev–Trinajstić information content (AvgIpc) is 2.59. The minimum Gasteiger partial charge on any atom is -0.493 e. The van der Waals surface area contributed by atoms with Crippen molar-refractivity contribution in [3.05, 3.63) is 29.8 Å². The molecule has 1 aliphatic rings. The summed E-state index contributed by atoms with van der Waals surface area (Å²) in [5, 5.41) is 13.0. The van der Waals surface area contributed by atoms with Crippen molar-refractivity contribution in [1.82, 2.24) is 5.32 Å². The molecule has 0 saturated carbocycles. The molecule has 0 bridgehead atoms. The molecule has 3 atom stereocenters. The first kappa shape index (κ1) is 18.7. The predicted octanol–water partition coefficient (Wildman–Crippen LogP) is 1.47. The summed E-state index contributed by atoms with van der Waals surface area (Å²) in [6.45, 7) is 5.93. The molecule has 2 rings (SSSR count). The highest BCUT2D eigenvalue weighted by Crippen LogP contribution is 2.17. The fourth-order valence-corrected chi connectivity index (χ4v) is 2.51. The van der Waals surface area contributed by atoms with E-state index in [4.69, 9.17) is 14.2 Å². The maximum atomic E-state index is 12.2. The van der Waals surface area contributed by atoms with Crippen LogP contribution in [-0.4, -0.2) is 56.7 Å². The van der Waals surface area contributed by atoms with E-state index in [0.717, 1.165) is 5.75 Å². The molecule has 0 spiro atoms. The SMILES string of the molecule is CO[C@@H]1COC[C@@H](CNC(=O)c2ccc(OCC(C)C)cc2)[C@@H]1O. The molecule has 1 aromatic rings. The van der Waals surface area contributed by atoms with E-state index in [1.54, 1.807) is 31.4 Å². The van der Waals surface area contributed by atoms with Crippen molar-refractivity contribution >= 4 is 5.91 Å². The minimum absolute atomic E-state index is 0.179. The van der Waals surface area contributed by atoms with Gasteiger partial charge in [-0.25, -0.2) is 0 Å². The number of carbonyl (C=O) groups excluding carboxylic acids is 1. The highest BCUT2D eigenvalue weighted by molar-refractivity contribution is 5.94. The molecule has 1 heterocycles. The Kier molecular flexibility index (Phi) is 7.02. The van der Waals surface area contributed by atoms with Gasteiger partial charge in [0.25, 0.3) is 5.91 Å². The summed E-state index contributed by atoms with van der Waals surface area (Å²) in [6.07, 6.45) is -0.992. The lowest BCUT2D eigenvalue weighted by Crippen LogP contribution is -2.49. The van der Waals surface area contributed by atoms with Gasteiger partial charge in [-0.05, 0) is 30.2 Å². The van der Waals surface area contributed by atoms with Gasteiger partial charge in [0.2, 0.25) is 0 Å². The van der Waals surface area contributed by atoms with E-state index in [0.29, 0.717) is 37.8 Å². The molecule has 0 aliphatic carbocycles. The minimum atomic E-state index is -0.643. The number of nitrogens with one attached hydrogen (secondary N) is 1. The highest BCUT2D eigenvalue weighted by Gasteiger charge is 2.32. The Morgan fingerprint density at radius 1 is 1.33 bits per heavy atom. The molecule has 0 radical (unpaired) electrons. The fraction of sp³-hybridized carbons (Fsp3) is 0.611. The smallest absolute Gasteiger partial charge is 0.251 e. The molecular weight excluding hydrogens is 310 g/mol. The normalized spacial score (nSPS) is 24.0. The van der Waals surface area contributed by atoms with Gasteiger partial charge in [0, 0.05) is 25.1 Å². The van der Waals surface area contributed by atoms with Gasteiger partial charge in [-0.3, -0.25) is 4.79 Å². The van der Waals surface area contributed by atoms with Crippen LogP contribution in [0.25, 0.3) is 0 Å². The average molecular weight is 337 g/mol. The Balaban J connectivity index is 1.83. The van der Waals surface area contributed by atoms with Gasteiger partial charge in [0.15, 0.2) is 0 Å². The molecule has 24 heavy (non-hydrogen) atoms. The molecule has 6 heteroatoms. The van der Waals surface area contributed by atoms with Gasteiger partial charge in [-0.15, -0.1) is 0 Å². The summed E-state index contributed by atoms with van der Waals surface area (Å²) in [5.41, 5.74) is 0.557. The van der Waals surface area contributed by atoms with E-state index in [1.165, 1.54) is 0 Å². The topological polar surface area (TPSA) is 77.0 Å². The van der Waals surface area contributed by atoms with Crippen LogP contribution in [-0.2, 0) is 9.47 Å². The first-order valence-corrected chi connectivity index (χ1v) is 8.31. The maximum Gasteiger partial charge on any atom is 0.251 e. The van der Waals surface area contributed by atoms with Gasteiger partial charge >= 0.3 is 0 Å². The van der Waals surface area contributed by atoms with E-state index in [9.17, 15) is 9.90 Å². The zero-order chi connectivity index (χ0) is 17.5. The van der Waals surface area contributed by atoms with Crippen LogP contribution in [0.2, 0.25) is 0 Å². The molecule has 1 aromatic carbocycles. The Morgan fingerprint density at radius 2 is 2.04 bits per heavy atom. The van der Waals surface area contributed by atoms with Crippen LogP contribution in [0.3, 0.4) is 0 Å². The summed E-state index contributed by atoms with van der Waals surface area (Å²) in [7, 11) is 1.54. The molecule has 2 N–H and O–H groups in total. The number of carbonyl (C=O) groups is 1. The lowest BCUT2D eigenvalue weighted by atomic mass is 9.96. The van der Waals surface area contributed by atoms with Crippen molar-refractivity contribution in [2.24, 2.45) is 11.8 Å². The number of ether oxygens (including phenoxy) is 3. The summed E-state index contributed by atoms with van der Waals surface area (Å²) >= 11 is 0. The van der Waals surface area contributed by atoms with Crippen LogP contribution in [0, 0.1) is 11.8 Å². The van der Waals surface area contributed by atoms with Crippen LogP contribution >= 0.6 is 0 Å². The second-order valence-corrected chi connectivity index (χ2v) is 6.50. The van der Waals surface area contributed by atoms with Gasteiger partial charge in [0.05, 0.1) is 25.9 Å². The van der Waals surface area contributed by atoms with E-state index in [1.807, 2.05) is 0 Å². The Bertz CT molecular complexity index is 517. The van der Waals surface area contributed by atoms with Crippen molar-refractivity contribution in [1.29, 1.82) is 0 Å². The van der Waals surface area contributed by atoms with Crippen LogP contribution in [0.15, 0.2) is 24.3 Å². The number of hydrogen-bond donors (Lipinski definition) is 2. The third kappa shape index (κ3) is 5.19. The molecule has 0 unspecified atom stereocenters. The van der Waals surface area contributed by atoms with Crippen molar-refractivity contribution in [3.63, 3.8) is 0 Å². The molecule has 1 amide bonds. The van der Waals surface area contributed by atoms with Gasteiger partial charge in [-0.1, -0.05) is 13.8 Å². The van der Waals surface area contributed by atoms with Crippen molar-refractivity contribution < 1.29 is 24.1 Å². The summed E-state index contributed by atoms with van der Waals surface area (Å²) in [5.74, 6) is 0.839. The first-order valence-electron chi connectivity index (χ1n) is 8.31. The molecule has 134 valence electrons. The number of amides is 1. The zero-order valence-electron chi connectivity index (χ0n) is 14.5. The third-order valence-electron chi connectivity index (χ3n) is 4.01. The summed E-state index contributed by atoms with van der Waals surface area (Å²) in [6, 6.07) is 7.04. The van der Waals surface area contributed by atoms with Crippen molar-refractivity contribution in [3.8, 4) is 5.75 Å². The van der Waals surface area contributed by atoms with Gasteiger partial charge < -0.3 is 24.6 Å². The van der Waals surface area contributed by atoms with Crippen LogP contribution in [0.4, 0.5) is 0 Å². The third-order valence-corrected chi connectivity index (χ3v) is 4.01. The number of methoxy groups -OCH3 is 1. The monoisotopic (exact) mass is 337 g/mol. The standard InChI is InChI=1S/C18H27NO5/c1-12(2)9-24-15-6-4-13(5-7-15)18(21)19-8-14-10-23-11-16(22-3)17(14)20/h4-7,12,14,16-17,20H,8-11H2,1-3H3,(H,19,21)/t14-,16-,17+/m1/s1. The van der Waals surface area contributed by atoms with Gasteiger partial charge in [0.1, 0.15) is 11.9 Å². The summed E-state index contributed by atoms with van der Waals surface area (Å²) in [4.78, 5) is 12.2. The first-order chi connectivity index (χ1) is 11.5. The second kappa shape index (κ2) is 9.01. The Labute approximate surface area is 143 Å². The number of rotatable bonds is 7. The Morgan fingerprint density at radius 3 is 2.67 bits per heavy atom. The Hall–Kier alpha value is -1.63. The number of hydrogen-bond acceptors (Lipinski definition) is 5. The van der Waals surface area contributed by atoms with E-state index >= 15 is 0 Å². The van der Waals surface area contributed by atoms with E-state index in [-0.39, 0.29) is 17.9 Å². The lowest BCUT2D eigenvalue weighted by Gasteiger charge is -2.33. The lowest BCUT2D eigenvalue weighted by molar-refractivity contribution is -0.132. The summed E-state index contributed by atoms with van der Waals surface area (Å²) < 4.78 is 16.2.